The number of benzene rings is 2. The highest BCUT2D eigenvalue weighted by molar-refractivity contribution is 5.81. The first kappa shape index (κ1) is 17.2. The van der Waals surface area contributed by atoms with Crippen LogP contribution in [0, 0.1) is 0 Å². The topological polar surface area (TPSA) is 52.6 Å². The molecular weight excluding hydrogens is 288 g/mol. The molecule has 0 spiro atoms. The summed E-state index contributed by atoms with van der Waals surface area (Å²) in [4.78, 5) is 13.6. The van der Waals surface area contributed by atoms with Crippen LogP contribution in [0.1, 0.15) is 16.7 Å². The van der Waals surface area contributed by atoms with Crippen LogP contribution in [-0.2, 0) is 17.8 Å². The van der Waals surface area contributed by atoms with E-state index >= 15 is 0 Å². The molecule has 0 fully saturated rings. The molecular formula is C19H24N2O2. The lowest BCUT2D eigenvalue weighted by molar-refractivity contribution is -0.127. The van der Waals surface area contributed by atoms with Crippen molar-refractivity contribution in [3.63, 3.8) is 0 Å². The summed E-state index contributed by atoms with van der Waals surface area (Å²) in [5.41, 5.74) is 3.66. The molecule has 1 unspecified atom stereocenters. The minimum Gasteiger partial charge on any atom is -0.394 e. The van der Waals surface area contributed by atoms with Crippen molar-refractivity contribution in [2.24, 2.45) is 0 Å². The van der Waals surface area contributed by atoms with Crippen LogP contribution in [-0.4, -0.2) is 42.7 Å². The number of carbonyl (C=O) groups excluding carboxylic acids is 1. The zero-order valence-electron chi connectivity index (χ0n) is 13.7. The molecule has 2 aromatic rings. The van der Waals surface area contributed by atoms with E-state index in [2.05, 4.69) is 41.7 Å². The average molecular weight is 312 g/mol. The van der Waals surface area contributed by atoms with Gasteiger partial charge in [-0.15, -0.1) is 0 Å². The number of aliphatic hydroxyl groups is 1. The normalized spacial score (nSPS) is 12.2. The van der Waals surface area contributed by atoms with Gasteiger partial charge in [0.2, 0.25) is 5.91 Å². The Morgan fingerprint density at radius 1 is 1.04 bits per heavy atom. The van der Waals surface area contributed by atoms with Crippen molar-refractivity contribution in [3.8, 4) is 0 Å². The Balaban J connectivity index is 1.98. The fourth-order valence-corrected chi connectivity index (χ4v) is 2.58. The van der Waals surface area contributed by atoms with Gasteiger partial charge in [-0.2, -0.15) is 0 Å². The van der Waals surface area contributed by atoms with Gasteiger partial charge in [-0.25, -0.2) is 0 Å². The van der Waals surface area contributed by atoms with E-state index < -0.39 is 6.04 Å². The minimum absolute atomic E-state index is 0.171. The van der Waals surface area contributed by atoms with E-state index in [1.54, 1.807) is 7.05 Å². The number of likely N-dealkylation sites (N-methyl/N-ethyl adjacent to an activating group) is 2. The Kier molecular flexibility index (Phi) is 6.32. The van der Waals surface area contributed by atoms with Crippen LogP contribution in [0.2, 0.25) is 0 Å². The Labute approximate surface area is 137 Å². The molecule has 1 atom stereocenters. The fraction of sp³-hybridized carbons (Fsp3) is 0.316. The first-order valence-electron chi connectivity index (χ1n) is 7.78. The molecule has 0 aliphatic carbocycles. The largest absolute Gasteiger partial charge is 0.394 e. The molecule has 0 radical (unpaired) electrons. The molecule has 2 aromatic carbocycles. The number of hydrogen-bond donors (Lipinski definition) is 2. The number of aliphatic hydroxyl groups excluding tert-OH is 1. The maximum absolute atomic E-state index is 11.7. The third-order valence-corrected chi connectivity index (χ3v) is 3.96. The van der Waals surface area contributed by atoms with Crippen molar-refractivity contribution in [1.82, 2.24) is 10.2 Å². The summed E-state index contributed by atoms with van der Waals surface area (Å²) >= 11 is 0. The lowest BCUT2D eigenvalue weighted by Crippen LogP contribution is -2.46. The summed E-state index contributed by atoms with van der Waals surface area (Å²) < 4.78 is 0. The summed E-state index contributed by atoms with van der Waals surface area (Å²) in [6.45, 7) is 0.423. The van der Waals surface area contributed by atoms with Crippen molar-refractivity contribution in [2.45, 2.75) is 19.0 Å². The summed E-state index contributed by atoms with van der Waals surface area (Å²) in [6, 6.07) is 18.2. The summed E-state index contributed by atoms with van der Waals surface area (Å²) in [5, 5.41) is 12.0. The molecule has 0 aromatic heterocycles. The summed E-state index contributed by atoms with van der Waals surface area (Å²) in [6.07, 6.45) is 0.911. The molecule has 1 amide bonds. The Morgan fingerprint density at radius 2 is 1.61 bits per heavy atom. The summed E-state index contributed by atoms with van der Waals surface area (Å²) in [7, 11) is 3.42. The Bertz CT molecular complexity index is 611. The van der Waals surface area contributed by atoms with E-state index in [4.69, 9.17) is 0 Å². The van der Waals surface area contributed by atoms with E-state index in [9.17, 15) is 9.90 Å². The summed E-state index contributed by atoms with van der Waals surface area (Å²) in [5.74, 6) is -0.171. The van der Waals surface area contributed by atoms with Gasteiger partial charge in [0.1, 0.15) is 6.04 Å². The zero-order chi connectivity index (χ0) is 16.7. The number of nitrogens with zero attached hydrogens (tertiary/aromatic N) is 1. The third-order valence-electron chi connectivity index (χ3n) is 3.96. The molecule has 0 saturated carbocycles. The molecule has 0 heterocycles. The van der Waals surface area contributed by atoms with Gasteiger partial charge in [0.25, 0.3) is 0 Å². The van der Waals surface area contributed by atoms with Gasteiger partial charge in [0, 0.05) is 13.6 Å². The van der Waals surface area contributed by atoms with Crippen LogP contribution in [0.4, 0.5) is 0 Å². The third kappa shape index (κ3) is 4.91. The van der Waals surface area contributed by atoms with Gasteiger partial charge in [0.05, 0.1) is 6.61 Å². The van der Waals surface area contributed by atoms with Gasteiger partial charge in [-0.05, 0) is 30.2 Å². The van der Waals surface area contributed by atoms with Crippen LogP contribution in [0.5, 0.6) is 0 Å². The molecule has 0 bridgehead atoms. The van der Waals surface area contributed by atoms with E-state index in [-0.39, 0.29) is 12.5 Å². The average Bonchev–Trinajstić information content (AvgIpc) is 2.58. The van der Waals surface area contributed by atoms with Gasteiger partial charge in [0.15, 0.2) is 0 Å². The second-order valence-corrected chi connectivity index (χ2v) is 5.71. The second kappa shape index (κ2) is 8.46. The van der Waals surface area contributed by atoms with E-state index in [1.165, 1.54) is 11.1 Å². The van der Waals surface area contributed by atoms with Gasteiger partial charge < -0.3 is 10.4 Å². The Hall–Kier alpha value is -2.17. The molecule has 2 rings (SSSR count). The quantitative estimate of drug-likeness (QED) is 0.820. The van der Waals surface area contributed by atoms with Crippen molar-refractivity contribution < 1.29 is 9.90 Å². The number of hydrogen-bond acceptors (Lipinski definition) is 3. The van der Waals surface area contributed by atoms with Gasteiger partial charge in [-0.3, -0.25) is 9.69 Å². The van der Waals surface area contributed by atoms with Crippen molar-refractivity contribution >= 4 is 5.91 Å². The highest BCUT2D eigenvalue weighted by atomic mass is 16.3. The highest BCUT2D eigenvalue weighted by Gasteiger charge is 2.21. The number of amides is 1. The number of carbonyl (C=O) groups is 1. The molecule has 0 saturated heterocycles. The second-order valence-electron chi connectivity index (χ2n) is 5.71. The maximum atomic E-state index is 11.7. The Morgan fingerprint density at radius 3 is 2.17 bits per heavy atom. The van der Waals surface area contributed by atoms with Crippen molar-refractivity contribution in [3.05, 3.63) is 71.3 Å². The molecule has 4 heteroatoms. The minimum atomic E-state index is -0.524. The number of rotatable bonds is 7. The molecule has 122 valence electrons. The SMILES string of the molecule is CNC(=O)C(CO)N(C)Cc1ccc(Cc2ccccc2)cc1. The highest BCUT2D eigenvalue weighted by Crippen LogP contribution is 2.12. The molecule has 4 nitrogen and oxygen atoms in total. The van der Waals surface area contributed by atoms with Crippen LogP contribution >= 0.6 is 0 Å². The molecule has 0 aliphatic heterocycles. The van der Waals surface area contributed by atoms with Gasteiger partial charge >= 0.3 is 0 Å². The lowest BCUT2D eigenvalue weighted by Gasteiger charge is -2.25. The first-order chi connectivity index (χ1) is 11.1. The van der Waals surface area contributed by atoms with E-state index in [1.807, 2.05) is 30.1 Å². The monoisotopic (exact) mass is 312 g/mol. The van der Waals surface area contributed by atoms with E-state index in [0.717, 1.165) is 12.0 Å². The molecule has 2 N–H and O–H groups in total. The zero-order valence-corrected chi connectivity index (χ0v) is 13.7. The van der Waals surface area contributed by atoms with Crippen LogP contribution in [0.3, 0.4) is 0 Å². The van der Waals surface area contributed by atoms with E-state index in [0.29, 0.717) is 6.54 Å². The maximum Gasteiger partial charge on any atom is 0.239 e. The lowest BCUT2D eigenvalue weighted by atomic mass is 10.0. The standard InChI is InChI=1S/C19H24N2O2/c1-20-19(23)18(14-22)21(2)13-17-10-8-16(9-11-17)12-15-6-4-3-5-7-15/h3-11,18,22H,12-14H2,1-2H3,(H,20,23). The predicted octanol–water partition coefficient (Wildman–Crippen LogP) is 1.82. The van der Waals surface area contributed by atoms with Crippen LogP contribution in [0.25, 0.3) is 0 Å². The first-order valence-corrected chi connectivity index (χ1v) is 7.78. The van der Waals surface area contributed by atoms with Crippen LogP contribution in [0.15, 0.2) is 54.6 Å². The smallest absolute Gasteiger partial charge is 0.239 e. The number of nitrogens with one attached hydrogen (secondary N) is 1. The fourth-order valence-electron chi connectivity index (χ4n) is 2.58. The molecule has 23 heavy (non-hydrogen) atoms. The van der Waals surface area contributed by atoms with Crippen molar-refractivity contribution in [2.75, 3.05) is 20.7 Å². The van der Waals surface area contributed by atoms with Gasteiger partial charge in [-0.1, -0.05) is 54.6 Å². The van der Waals surface area contributed by atoms with Crippen LogP contribution < -0.4 is 5.32 Å². The van der Waals surface area contributed by atoms with Crippen molar-refractivity contribution in [1.29, 1.82) is 0 Å². The molecule has 0 aliphatic rings. The predicted molar refractivity (Wildman–Crippen MR) is 92.1 cm³/mol.